The predicted molar refractivity (Wildman–Crippen MR) is 322 cm³/mol. The van der Waals surface area contributed by atoms with E-state index >= 15 is 0 Å². The third kappa shape index (κ3) is 47.2. The molecule has 1 saturated heterocycles. The van der Waals surface area contributed by atoms with Crippen LogP contribution < -0.4 is 0 Å². The number of carbonyl (C=O) groups excluding carboxylic acids is 1. The molecule has 12 nitrogen and oxygen atoms in total. The van der Waals surface area contributed by atoms with E-state index in [2.05, 4.69) is 90.9 Å². The molecule has 0 spiro atoms. The van der Waals surface area contributed by atoms with Gasteiger partial charge in [-0.05, 0) is 83.5 Å². The Hall–Kier alpha value is -2.46. The van der Waals surface area contributed by atoms with E-state index < -0.39 is 59.8 Å². The first-order valence-electron chi connectivity index (χ1n) is 31.7. The van der Waals surface area contributed by atoms with Gasteiger partial charge in [0.05, 0.1) is 19.8 Å². The van der Waals surface area contributed by atoms with Crippen molar-refractivity contribution in [2.24, 2.45) is 0 Å². The van der Waals surface area contributed by atoms with Gasteiger partial charge >= 0.3 is 16.4 Å². The molecule has 4 N–H and O–H groups in total. The van der Waals surface area contributed by atoms with Crippen LogP contribution in [0.2, 0.25) is 0 Å². The SMILES string of the molecule is CC/C=C\C/C=C\C/C=C\C/C=C\C/C=C\CCCCCCCCCCCCOCC(COC1OC(CO)C(O)C(OS(=O)(=O)O)C1O)OC(=O)CCCCCCCCCCCCCCC/C=C\CCCCCCCCCC. The number of esters is 1. The number of hydrogen-bond acceptors (Lipinski definition) is 11. The first-order chi connectivity index (χ1) is 38.1. The molecule has 6 atom stereocenters. The van der Waals surface area contributed by atoms with Gasteiger partial charge in [-0.3, -0.25) is 9.35 Å². The summed E-state index contributed by atoms with van der Waals surface area (Å²) >= 11 is 0. The smallest absolute Gasteiger partial charge is 0.397 e. The number of aliphatic hydroxyl groups is 3. The highest BCUT2D eigenvalue weighted by Crippen LogP contribution is 2.26. The van der Waals surface area contributed by atoms with Gasteiger partial charge in [0.1, 0.15) is 30.5 Å². The summed E-state index contributed by atoms with van der Waals surface area (Å²) in [5.74, 6) is -0.399. The highest BCUT2D eigenvalue weighted by Gasteiger charge is 2.48. The highest BCUT2D eigenvalue weighted by molar-refractivity contribution is 7.80. The summed E-state index contributed by atoms with van der Waals surface area (Å²) < 4.78 is 59.6. The molecule has 0 aromatic heterocycles. The second kappa shape index (κ2) is 55.1. The molecule has 0 radical (unpaired) electrons. The number of rotatable bonds is 56. The molecule has 13 heteroatoms. The maximum atomic E-state index is 13.0. The van der Waals surface area contributed by atoms with Crippen LogP contribution in [0.3, 0.4) is 0 Å². The maximum Gasteiger partial charge on any atom is 0.397 e. The second-order valence-electron chi connectivity index (χ2n) is 21.6. The van der Waals surface area contributed by atoms with Crippen molar-refractivity contribution in [3.05, 3.63) is 72.9 Å². The lowest BCUT2D eigenvalue weighted by Gasteiger charge is -2.41. The van der Waals surface area contributed by atoms with Crippen LogP contribution in [0.15, 0.2) is 72.9 Å². The maximum absolute atomic E-state index is 13.0. The van der Waals surface area contributed by atoms with E-state index in [4.69, 9.17) is 18.9 Å². The Bertz CT molecular complexity index is 1630. The Morgan fingerprint density at radius 2 is 0.885 bits per heavy atom. The monoisotopic (exact) mass is 1120 g/mol. The lowest BCUT2D eigenvalue weighted by Crippen LogP contribution is -2.60. The number of allylic oxidation sites excluding steroid dienone is 12. The van der Waals surface area contributed by atoms with Crippen molar-refractivity contribution in [3.63, 3.8) is 0 Å². The Kier molecular flexibility index (Phi) is 52.0. The number of carbonyl (C=O) groups is 1. The van der Waals surface area contributed by atoms with Crippen LogP contribution in [0.25, 0.3) is 0 Å². The standard InChI is InChI=1S/C65H116O12S/c1-3-5-7-9-11-13-15-17-19-21-23-25-27-29-31-33-35-37-39-41-43-45-47-49-51-53-55-73-57-59(58-74-65-63(69)64(77-78(70,71)72)62(68)60(56-66)76-65)75-61(67)54-52-50-48-46-44-42-40-38-36-34-32-30-28-26-24-22-20-18-16-14-12-10-8-6-4-2/h5,7,11,13,17,19,22-25,29,31,59-60,62-66,68-69H,3-4,6,8-10,12,14-16,18,20-21,26-28,30,32-58H2,1-2H3,(H,70,71,72)/b7-5-,13-11-,19-17-,24-22-,25-23-,31-29-. The molecule has 1 aliphatic heterocycles. The number of aliphatic hydroxyl groups excluding tert-OH is 3. The topological polar surface area (TPSA) is 178 Å². The molecule has 6 unspecified atom stereocenters. The van der Waals surface area contributed by atoms with E-state index in [0.717, 1.165) is 77.0 Å². The zero-order valence-corrected chi connectivity index (χ0v) is 50.3. The van der Waals surface area contributed by atoms with Crippen molar-refractivity contribution in [2.45, 2.75) is 307 Å². The van der Waals surface area contributed by atoms with Gasteiger partial charge in [0.2, 0.25) is 0 Å². The van der Waals surface area contributed by atoms with Crippen LogP contribution in [-0.4, -0.2) is 97.5 Å². The van der Waals surface area contributed by atoms with Gasteiger partial charge in [0.15, 0.2) is 6.29 Å². The van der Waals surface area contributed by atoms with Crippen molar-refractivity contribution in [1.82, 2.24) is 0 Å². The predicted octanol–water partition coefficient (Wildman–Crippen LogP) is 16.5. The van der Waals surface area contributed by atoms with Gasteiger partial charge in [0, 0.05) is 13.0 Å². The van der Waals surface area contributed by atoms with Crippen LogP contribution in [-0.2, 0) is 38.3 Å². The van der Waals surface area contributed by atoms with Gasteiger partial charge < -0.3 is 34.3 Å². The van der Waals surface area contributed by atoms with Crippen LogP contribution in [0.4, 0.5) is 0 Å². The van der Waals surface area contributed by atoms with Gasteiger partial charge in [0.25, 0.3) is 0 Å². The summed E-state index contributed by atoms with van der Waals surface area (Å²) in [4.78, 5) is 13.0. The quantitative estimate of drug-likeness (QED) is 0.0196. The Morgan fingerprint density at radius 1 is 0.500 bits per heavy atom. The fraction of sp³-hybridized carbons (Fsp3) is 0.800. The van der Waals surface area contributed by atoms with Crippen molar-refractivity contribution in [2.75, 3.05) is 26.4 Å². The first kappa shape index (κ1) is 73.6. The van der Waals surface area contributed by atoms with E-state index in [0.29, 0.717) is 13.0 Å². The minimum atomic E-state index is -5.07. The minimum absolute atomic E-state index is 0.0315. The van der Waals surface area contributed by atoms with E-state index in [9.17, 15) is 33.1 Å². The average Bonchev–Trinajstić information content (AvgIpc) is 3.42. The molecular formula is C65H116O12S. The molecule has 0 aliphatic carbocycles. The third-order valence-electron chi connectivity index (χ3n) is 14.3. The zero-order chi connectivity index (χ0) is 56.7. The summed E-state index contributed by atoms with van der Waals surface area (Å²) in [6.45, 7) is 3.91. The Balaban J connectivity index is 2.26. The molecule has 0 bridgehead atoms. The molecule has 0 amide bonds. The normalized spacial score (nSPS) is 18.9. The molecule has 454 valence electrons. The van der Waals surface area contributed by atoms with Crippen molar-refractivity contribution in [1.29, 1.82) is 0 Å². The van der Waals surface area contributed by atoms with Gasteiger partial charge in [-0.1, -0.05) is 254 Å². The largest absolute Gasteiger partial charge is 0.457 e. The summed E-state index contributed by atoms with van der Waals surface area (Å²) in [5.41, 5.74) is 0. The van der Waals surface area contributed by atoms with E-state index in [1.807, 2.05) is 0 Å². The Morgan fingerprint density at radius 3 is 1.31 bits per heavy atom. The summed E-state index contributed by atoms with van der Waals surface area (Å²) in [5, 5.41) is 30.9. The van der Waals surface area contributed by atoms with Crippen molar-refractivity contribution < 1.29 is 56.2 Å². The second-order valence-corrected chi connectivity index (χ2v) is 22.7. The van der Waals surface area contributed by atoms with E-state index in [1.165, 1.54) is 167 Å². The van der Waals surface area contributed by atoms with E-state index in [-0.39, 0.29) is 19.6 Å². The number of hydrogen-bond donors (Lipinski definition) is 4. The van der Waals surface area contributed by atoms with Crippen LogP contribution in [0, 0.1) is 0 Å². The van der Waals surface area contributed by atoms with E-state index in [1.54, 1.807) is 0 Å². The number of unbranched alkanes of at least 4 members (excludes halogenated alkanes) is 31. The molecule has 0 saturated carbocycles. The molecule has 1 rings (SSSR count). The molecule has 1 aliphatic rings. The van der Waals surface area contributed by atoms with Crippen LogP contribution in [0.1, 0.15) is 271 Å². The Labute approximate surface area is 477 Å². The fourth-order valence-electron chi connectivity index (χ4n) is 9.58. The molecule has 1 fully saturated rings. The van der Waals surface area contributed by atoms with Crippen LogP contribution in [0.5, 0.6) is 0 Å². The molecule has 78 heavy (non-hydrogen) atoms. The zero-order valence-electron chi connectivity index (χ0n) is 49.5. The fourth-order valence-corrected chi connectivity index (χ4v) is 10.1. The molecule has 0 aromatic carbocycles. The molecular weight excluding hydrogens is 1000 g/mol. The minimum Gasteiger partial charge on any atom is -0.457 e. The lowest BCUT2D eigenvalue weighted by molar-refractivity contribution is -0.301. The van der Waals surface area contributed by atoms with Crippen LogP contribution >= 0.6 is 0 Å². The summed E-state index contributed by atoms with van der Waals surface area (Å²) in [6, 6.07) is 0. The van der Waals surface area contributed by atoms with Gasteiger partial charge in [-0.2, -0.15) is 8.42 Å². The van der Waals surface area contributed by atoms with Gasteiger partial charge in [-0.15, -0.1) is 0 Å². The first-order valence-corrected chi connectivity index (χ1v) is 33.1. The number of ether oxygens (including phenoxy) is 4. The summed E-state index contributed by atoms with van der Waals surface area (Å²) in [6.07, 6.45) is 65.2. The average molecular weight is 1120 g/mol. The lowest BCUT2D eigenvalue weighted by atomic mass is 9.99. The molecule has 1 heterocycles. The van der Waals surface area contributed by atoms with Crippen molar-refractivity contribution >= 4 is 16.4 Å². The third-order valence-corrected chi connectivity index (χ3v) is 14.8. The highest BCUT2D eigenvalue weighted by atomic mass is 32.3. The van der Waals surface area contributed by atoms with Crippen molar-refractivity contribution in [3.8, 4) is 0 Å². The van der Waals surface area contributed by atoms with Gasteiger partial charge in [-0.25, -0.2) is 4.18 Å². The summed E-state index contributed by atoms with van der Waals surface area (Å²) in [7, 11) is -5.07. The molecule has 0 aromatic rings.